The highest BCUT2D eigenvalue weighted by Crippen LogP contribution is 2.35. The summed E-state index contributed by atoms with van der Waals surface area (Å²) in [6.07, 6.45) is 0.901. The van der Waals surface area contributed by atoms with Crippen LogP contribution in [0.5, 0.6) is 0 Å². The van der Waals surface area contributed by atoms with Crippen LogP contribution in [-0.4, -0.2) is 17.2 Å². The van der Waals surface area contributed by atoms with Crippen LogP contribution in [0.1, 0.15) is 45.2 Å². The van der Waals surface area contributed by atoms with Gasteiger partial charge in [-0.3, -0.25) is 0 Å². The quantitative estimate of drug-likeness (QED) is 0.797. The van der Waals surface area contributed by atoms with Gasteiger partial charge in [0.25, 0.3) is 0 Å². The van der Waals surface area contributed by atoms with Gasteiger partial charge in [0.15, 0.2) is 0 Å². The maximum atomic E-state index is 11.8. The first kappa shape index (κ1) is 17.7. The number of rotatable bonds is 7. The first-order valence-electron chi connectivity index (χ1n) is 8.54. The van der Waals surface area contributed by atoms with Crippen LogP contribution in [-0.2, 0) is 5.60 Å². The number of hydrogen-bond acceptors (Lipinski definition) is 2. The Hall–Kier alpha value is -1.64. The Morgan fingerprint density at radius 1 is 0.826 bits per heavy atom. The van der Waals surface area contributed by atoms with Gasteiger partial charge >= 0.3 is 0 Å². The Morgan fingerprint density at radius 2 is 1.26 bits per heavy atom. The summed E-state index contributed by atoms with van der Waals surface area (Å²) in [6.45, 7) is 8.66. The molecule has 1 atom stereocenters. The summed E-state index contributed by atoms with van der Waals surface area (Å²) in [4.78, 5) is 0. The van der Waals surface area contributed by atoms with Gasteiger partial charge in [-0.25, -0.2) is 0 Å². The molecular weight excluding hydrogens is 282 g/mol. The van der Waals surface area contributed by atoms with Gasteiger partial charge in [0.1, 0.15) is 5.60 Å². The molecule has 2 N–H and O–H groups in total. The van der Waals surface area contributed by atoms with Crippen LogP contribution in [0.3, 0.4) is 0 Å². The molecule has 0 saturated carbocycles. The predicted octanol–water partition coefficient (Wildman–Crippen LogP) is 4.34. The topological polar surface area (TPSA) is 32.3 Å². The molecule has 0 aliphatic carbocycles. The summed E-state index contributed by atoms with van der Waals surface area (Å²) >= 11 is 0. The monoisotopic (exact) mass is 311 g/mol. The lowest BCUT2D eigenvalue weighted by Gasteiger charge is -2.40. The molecule has 2 rings (SSSR count). The van der Waals surface area contributed by atoms with Gasteiger partial charge in [-0.1, -0.05) is 88.4 Å². The molecule has 2 aromatic rings. The van der Waals surface area contributed by atoms with Crippen molar-refractivity contribution in [2.75, 3.05) is 0 Å². The molecular formula is C21H29NO. The number of hydrogen-bond donors (Lipinski definition) is 2. The minimum absolute atomic E-state index is 0.0488. The molecule has 124 valence electrons. The summed E-state index contributed by atoms with van der Waals surface area (Å²) in [5.41, 5.74) is 0.826. The van der Waals surface area contributed by atoms with Crippen LogP contribution in [0.15, 0.2) is 60.7 Å². The molecule has 0 aliphatic heterocycles. The first-order chi connectivity index (χ1) is 10.9. The van der Waals surface area contributed by atoms with E-state index in [4.69, 9.17) is 0 Å². The van der Waals surface area contributed by atoms with Crippen LogP contribution < -0.4 is 5.32 Å². The first-order valence-corrected chi connectivity index (χ1v) is 8.54. The normalized spacial score (nSPS) is 13.5. The fourth-order valence-corrected chi connectivity index (χ4v) is 3.19. The number of nitrogens with one attached hydrogen (secondary N) is 1. The van der Waals surface area contributed by atoms with Gasteiger partial charge in [0.05, 0.1) is 0 Å². The van der Waals surface area contributed by atoms with Gasteiger partial charge in [0, 0.05) is 12.1 Å². The largest absolute Gasteiger partial charge is 0.379 e. The SMILES string of the molecule is CC(C)C[C@@H](NC(C)C)C(O)(c1ccccc1)c1ccccc1. The molecule has 2 nitrogen and oxygen atoms in total. The van der Waals surface area contributed by atoms with Crippen molar-refractivity contribution in [3.8, 4) is 0 Å². The second kappa shape index (κ2) is 7.76. The minimum atomic E-state index is -1.04. The van der Waals surface area contributed by atoms with E-state index in [9.17, 15) is 5.11 Å². The van der Waals surface area contributed by atoms with E-state index in [-0.39, 0.29) is 6.04 Å². The maximum absolute atomic E-state index is 11.8. The summed E-state index contributed by atoms with van der Waals surface area (Å²) in [5, 5.41) is 15.4. The number of aliphatic hydroxyl groups is 1. The van der Waals surface area contributed by atoms with Gasteiger partial charge in [-0.15, -0.1) is 0 Å². The van der Waals surface area contributed by atoms with E-state index in [1.807, 2.05) is 60.7 Å². The second-order valence-corrected chi connectivity index (χ2v) is 7.00. The van der Waals surface area contributed by atoms with Gasteiger partial charge < -0.3 is 10.4 Å². The van der Waals surface area contributed by atoms with Crippen molar-refractivity contribution in [1.29, 1.82) is 0 Å². The lowest BCUT2D eigenvalue weighted by Crippen LogP contribution is -2.52. The zero-order chi connectivity index (χ0) is 16.9. The molecule has 0 radical (unpaired) electrons. The van der Waals surface area contributed by atoms with Crippen molar-refractivity contribution in [3.05, 3.63) is 71.8 Å². The Kier molecular flexibility index (Phi) is 5.97. The molecule has 2 heteroatoms. The average Bonchev–Trinajstić information content (AvgIpc) is 2.54. The van der Waals surface area contributed by atoms with Crippen LogP contribution in [0, 0.1) is 5.92 Å². The standard InChI is InChI=1S/C21H29NO/c1-16(2)15-20(22-17(3)4)21(23,18-11-7-5-8-12-18)19-13-9-6-10-14-19/h5-14,16-17,20,22-23H,15H2,1-4H3/t20-/m1/s1. The fraction of sp³-hybridized carbons (Fsp3) is 0.429. The zero-order valence-electron chi connectivity index (χ0n) is 14.7. The molecule has 23 heavy (non-hydrogen) atoms. The molecule has 0 spiro atoms. The van der Waals surface area contributed by atoms with E-state index in [1.54, 1.807) is 0 Å². The van der Waals surface area contributed by atoms with E-state index in [0.29, 0.717) is 12.0 Å². The maximum Gasteiger partial charge on any atom is 0.130 e. The van der Waals surface area contributed by atoms with Crippen LogP contribution in [0.25, 0.3) is 0 Å². The Morgan fingerprint density at radius 3 is 1.61 bits per heavy atom. The van der Waals surface area contributed by atoms with E-state index in [0.717, 1.165) is 17.5 Å². The third-order valence-corrected chi connectivity index (χ3v) is 4.17. The summed E-state index contributed by atoms with van der Waals surface area (Å²) in [6, 6.07) is 20.3. The molecule has 0 saturated heterocycles. The fourth-order valence-electron chi connectivity index (χ4n) is 3.19. The van der Waals surface area contributed by atoms with Crippen molar-refractivity contribution in [2.45, 2.75) is 51.8 Å². The Bertz CT molecular complexity index is 528. The highest BCUT2D eigenvalue weighted by Gasteiger charge is 2.40. The van der Waals surface area contributed by atoms with Gasteiger partial charge in [-0.05, 0) is 23.5 Å². The average molecular weight is 311 g/mol. The summed E-state index contributed by atoms with van der Waals surface area (Å²) in [7, 11) is 0. The highest BCUT2D eigenvalue weighted by atomic mass is 16.3. The molecule has 0 aromatic heterocycles. The van der Waals surface area contributed by atoms with Crippen molar-refractivity contribution in [1.82, 2.24) is 5.32 Å². The minimum Gasteiger partial charge on any atom is -0.379 e. The third kappa shape index (κ3) is 4.21. The predicted molar refractivity (Wildman–Crippen MR) is 97.4 cm³/mol. The third-order valence-electron chi connectivity index (χ3n) is 4.17. The Balaban J connectivity index is 2.55. The van der Waals surface area contributed by atoms with Crippen LogP contribution in [0.2, 0.25) is 0 Å². The van der Waals surface area contributed by atoms with E-state index in [2.05, 4.69) is 33.0 Å². The van der Waals surface area contributed by atoms with Crippen molar-refractivity contribution in [3.63, 3.8) is 0 Å². The zero-order valence-corrected chi connectivity index (χ0v) is 14.7. The molecule has 0 fully saturated rings. The van der Waals surface area contributed by atoms with Gasteiger partial charge in [0.2, 0.25) is 0 Å². The summed E-state index contributed by atoms with van der Waals surface area (Å²) in [5.74, 6) is 0.491. The van der Waals surface area contributed by atoms with Gasteiger partial charge in [-0.2, -0.15) is 0 Å². The molecule has 0 heterocycles. The van der Waals surface area contributed by atoms with E-state index >= 15 is 0 Å². The molecule has 2 aromatic carbocycles. The molecule has 0 amide bonds. The summed E-state index contributed by atoms with van der Waals surface area (Å²) < 4.78 is 0. The van der Waals surface area contributed by atoms with Crippen molar-refractivity contribution in [2.24, 2.45) is 5.92 Å². The smallest absolute Gasteiger partial charge is 0.130 e. The lowest BCUT2D eigenvalue weighted by atomic mass is 9.77. The van der Waals surface area contributed by atoms with Crippen LogP contribution >= 0.6 is 0 Å². The molecule has 0 unspecified atom stereocenters. The molecule has 0 bridgehead atoms. The highest BCUT2D eigenvalue weighted by molar-refractivity contribution is 5.38. The van der Waals surface area contributed by atoms with Crippen molar-refractivity contribution >= 4 is 0 Å². The number of benzene rings is 2. The van der Waals surface area contributed by atoms with Crippen molar-refractivity contribution < 1.29 is 5.11 Å². The second-order valence-electron chi connectivity index (χ2n) is 7.00. The lowest BCUT2D eigenvalue weighted by molar-refractivity contribution is 0.0256. The van der Waals surface area contributed by atoms with E-state index in [1.165, 1.54) is 0 Å². The van der Waals surface area contributed by atoms with Crippen LogP contribution in [0.4, 0.5) is 0 Å². The Labute approximate surface area is 140 Å². The molecule has 0 aliphatic rings. The van der Waals surface area contributed by atoms with E-state index < -0.39 is 5.60 Å².